The fourth-order valence-electron chi connectivity index (χ4n) is 2.73. The van der Waals surface area contributed by atoms with E-state index in [1.165, 1.54) is 16.8 Å². The van der Waals surface area contributed by atoms with Crippen molar-refractivity contribution >= 4 is 5.69 Å². The minimum Gasteiger partial charge on any atom is -0.378 e. The van der Waals surface area contributed by atoms with Crippen molar-refractivity contribution in [3.8, 4) is 0 Å². The maximum atomic E-state index is 5.74. The lowest BCUT2D eigenvalue weighted by molar-refractivity contribution is 0.122. The molecule has 1 atom stereocenters. The Balaban J connectivity index is 1.79. The topological polar surface area (TPSA) is 50.5 Å². The van der Waals surface area contributed by atoms with Gasteiger partial charge in [-0.05, 0) is 23.3 Å². The van der Waals surface area contributed by atoms with Gasteiger partial charge in [0.2, 0.25) is 0 Å². The molecule has 4 heteroatoms. The fraction of sp³-hybridized carbons (Fsp3) is 0.294. The van der Waals surface area contributed by atoms with Gasteiger partial charge in [-0.1, -0.05) is 42.5 Å². The molecule has 0 unspecified atom stereocenters. The zero-order chi connectivity index (χ0) is 14.5. The first-order valence-corrected chi connectivity index (χ1v) is 7.32. The van der Waals surface area contributed by atoms with Crippen LogP contribution in [-0.2, 0) is 4.74 Å². The maximum Gasteiger partial charge on any atom is 0.0710 e. The Labute approximate surface area is 125 Å². The Morgan fingerprint density at radius 1 is 0.905 bits per heavy atom. The summed E-state index contributed by atoms with van der Waals surface area (Å²) in [6.07, 6.45) is 0. The Morgan fingerprint density at radius 2 is 1.52 bits per heavy atom. The van der Waals surface area contributed by atoms with Crippen molar-refractivity contribution in [2.45, 2.75) is 6.04 Å². The molecule has 1 aliphatic rings. The second-order valence-electron chi connectivity index (χ2n) is 5.20. The normalized spacial score (nSPS) is 16.7. The Hall–Kier alpha value is -1.88. The molecular weight excluding hydrogens is 262 g/mol. The molecule has 1 saturated heterocycles. The summed E-state index contributed by atoms with van der Waals surface area (Å²) in [6, 6.07) is 18.9. The average molecular weight is 283 g/mol. The van der Waals surface area contributed by atoms with Crippen LogP contribution in [0.3, 0.4) is 0 Å². The molecule has 0 bridgehead atoms. The Bertz CT molecular complexity index is 550. The van der Waals surface area contributed by atoms with E-state index in [2.05, 4.69) is 46.7 Å². The highest BCUT2D eigenvalue weighted by molar-refractivity contribution is 5.49. The van der Waals surface area contributed by atoms with Crippen molar-refractivity contribution in [3.63, 3.8) is 0 Å². The van der Waals surface area contributed by atoms with Crippen molar-refractivity contribution in [2.24, 2.45) is 5.84 Å². The van der Waals surface area contributed by atoms with Gasteiger partial charge in [-0.25, -0.2) is 5.43 Å². The van der Waals surface area contributed by atoms with Crippen molar-refractivity contribution in [1.29, 1.82) is 0 Å². The highest BCUT2D eigenvalue weighted by atomic mass is 16.5. The predicted molar refractivity (Wildman–Crippen MR) is 85.1 cm³/mol. The van der Waals surface area contributed by atoms with Gasteiger partial charge in [0.15, 0.2) is 0 Å². The van der Waals surface area contributed by atoms with Crippen LogP contribution in [0.5, 0.6) is 0 Å². The highest BCUT2D eigenvalue weighted by Crippen LogP contribution is 2.24. The highest BCUT2D eigenvalue weighted by Gasteiger charge is 2.14. The molecule has 1 heterocycles. The van der Waals surface area contributed by atoms with Gasteiger partial charge in [0.1, 0.15) is 0 Å². The van der Waals surface area contributed by atoms with Gasteiger partial charge in [-0.3, -0.25) is 5.84 Å². The molecule has 1 fully saturated rings. The summed E-state index contributed by atoms with van der Waals surface area (Å²) in [7, 11) is 0. The van der Waals surface area contributed by atoms with Gasteiger partial charge in [-0.15, -0.1) is 0 Å². The second kappa shape index (κ2) is 6.72. The van der Waals surface area contributed by atoms with Crippen LogP contribution in [0.1, 0.15) is 17.2 Å². The molecule has 0 aliphatic carbocycles. The maximum absolute atomic E-state index is 5.74. The van der Waals surface area contributed by atoms with Gasteiger partial charge < -0.3 is 9.64 Å². The van der Waals surface area contributed by atoms with Crippen molar-refractivity contribution in [1.82, 2.24) is 5.43 Å². The molecule has 2 aromatic rings. The van der Waals surface area contributed by atoms with Gasteiger partial charge in [-0.2, -0.15) is 0 Å². The van der Waals surface area contributed by atoms with Crippen molar-refractivity contribution < 1.29 is 4.74 Å². The van der Waals surface area contributed by atoms with E-state index in [-0.39, 0.29) is 6.04 Å². The second-order valence-corrected chi connectivity index (χ2v) is 5.20. The number of rotatable bonds is 4. The number of nitrogens with one attached hydrogen (secondary N) is 1. The molecule has 0 saturated carbocycles. The molecule has 2 aromatic carbocycles. The molecule has 0 spiro atoms. The molecule has 0 radical (unpaired) electrons. The van der Waals surface area contributed by atoms with E-state index < -0.39 is 0 Å². The van der Waals surface area contributed by atoms with Gasteiger partial charge in [0, 0.05) is 18.8 Å². The molecule has 3 rings (SSSR count). The monoisotopic (exact) mass is 283 g/mol. The van der Waals surface area contributed by atoms with Crippen LogP contribution >= 0.6 is 0 Å². The summed E-state index contributed by atoms with van der Waals surface area (Å²) in [5, 5.41) is 0. The van der Waals surface area contributed by atoms with Crippen molar-refractivity contribution in [3.05, 3.63) is 65.7 Å². The SMILES string of the molecule is NN[C@@H](c1ccccc1)c1ccc(N2CCOCC2)cc1. The summed E-state index contributed by atoms with van der Waals surface area (Å²) in [5.74, 6) is 5.74. The molecule has 0 amide bonds. The van der Waals surface area contributed by atoms with E-state index in [1.54, 1.807) is 0 Å². The third-order valence-electron chi connectivity index (χ3n) is 3.90. The van der Waals surface area contributed by atoms with E-state index >= 15 is 0 Å². The van der Waals surface area contributed by atoms with Crippen LogP contribution in [0.15, 0.2) is 54.6 Å². The lowest BCUT2D eigenvalue weighted by Gasteiger charge is -2.29. The summed E-state index contributed by atoms with van der Waals surface area (Å²) in [4.78, 5) is 2.35. The number of morpholine rings is 1. The zero-order valence-corrected chi connectivity index (χ0v) is 12.0. The molecule has 110 valence electrons. The molecule has 3 N–H and O–H groups in total. The fourth-order valence-corrected chi connectivity index (χ4v) is 2.73. The molecule has 0 aromatic heterocycles. The Kier molecular flexibility index (Phi) is 4.50. The van der Waals surface area contributed by atoms with E-state index in [0.717, 1.165) is 26.3 Å². The summed E-state index contributed by atoms with van der Waals surface area (Å²) < 4.78 is 5.39. The number of hydrogen-bond donors (Lipinski definition) is 2. The number of nitrogens with two attached hydrogens (primary N) is 1. The van der Waals surface area contributed by atoms with Crippen LogP contribution in [-0.4, -0.2) is 26.3 Å². The minimum atomic E-state index is 0.0185. The molecule has 4 nitrogen and oxygen atoms in total. The van der Waals surface area contributed by atoms with Gasteiger partial charge in [0.05, 0.1) is 19.3 Å². The lowest BCUT2D eigenvalue weighted by atomic mass is 9.99. The largest absolute Gasteiger partial charge is 0.378 e. The first-order valence-electron chi connectivity index (χ1n) is 7.32. The van der Waals surface area contributed by atoms with Gasteiger partial charge >= 0.3 is 0 Å². The Morgan fingerprint density at radius 3 is 2.14 bits per heavy atom. The summed E-state index contributed by atoms with van der Waals surface area (Å²) in [6.45, 7) is 3.52. The number of anilines is 1. The van der Waals surface area contributed by atoms with E-state index in [0.29, 0.717) is 0 Å². The summed E-state index contributed by atoms with van der Waals surface area (Å²) in [5.41, 5.74) is 6.47. The standard InChI is InChI=1S/C17H21N3O/c18-19-17(14-4-2-1-3-5-14)15-6-8-16(9-7-15)20-10-12-21-13-11-20/h1-9,17,19H,10-13,18H2/t17-/m0/s1. The zero-order valence-electron chi connectivity index (χ0n) is 12.0. The van der Waals surface area contributed by atoms with E-state index in [9.17, 15) is 0 Å². The first kappa shape index (κ1) is 14.1. The third kappa shape index (κ3) is 3.24. The van der Waals surface area contributed by atoms with E-state index in [4.69, 9.17) is 10.6 Å². The quantitative estimate of drug-likeness (QED) is 0.666. The minimum absolute atomic E-state index is 0.0185. The predicted octanol–water partition coefficient (Wildman–Crippen LogP) is 2.08. The first-order chi connectivity index (χ1) is 10.4. The van der Waals surface area contributed by atoms with Crippen LogP contribution in [0.25, 0.3) is 0 Å². The third-order valence-corrected chi connectivity index (χ3v) is 3.90. The van der Waals surface area contributed by atoms with Crippen LogP contribution in [0, 0.1) is 0 Å². The number of nitrogens with zero attached hydrogens (tertiary/aromatic N) is 1. The molecule has 1 aliphatic heterocycles. The smallest absolute Gasteiger partial charge is 0.0710 e. The van der Waals surface area contributed by atoms with Crippen molar-refractivity contribution in [2.75, 3.05) is 31.2 Å². The summed E-state index contributed by atoms with van der Waals surface area (Å²) >= 11 is 0. The van der Waals surface area contributed by atoms with Crippen LogP contribution in [0.2, 0.25) is 0 Å². The molecular formula is C17H21N3O. The number of hydrogen-bond acceptors (Lipinski definition) is 4. The number of hydrazine groups is 1. The van der Waals surface area contributed by atoms with Crippen LogP contribution in [0.4, 0.5) is 5.69 Å². The lowest BCUT2D eigenvalue weighted by Crippen LogP contribution is -2.36. The van der Waals surface area contributed by atoms with Gasteiger partial charge in [0.25, 0.3) is 0 Å². The average Bonchev–Trinajstić information content (AvgIpc) is 2.58. The molecule has 21 heavy (non-hydrogen) atoms. The van der Waals surface area contributed by atoms with E-state index in [1.807, 2.05) is 18.2 Å². The van der Waals surface area contributed by atoms with Crippen LogP contribution < -0.4 is 16.2 Å². The number of ether oxygens (including phenoxy) is 1. The number of benzene rings is 2.